The molecule has 6 aliphatic rings. The van der Waals surface area contributed by atoms with Crippen molar-refractivity contribution in [3.63, 3.8) is 0 Å². The summed E-state index contributed by atoms with van der Waals surface area (Å²) >= 11 is 0. The van der Waals surface area contributed by atoms with Gasteiger partial charge in [-0.25, -0.2) is 36.2 Å². The number of para-hydroxylation sites is 2. The first-order chi connectivity index (χ1) is 52.9. The number of allylic oxidation sites excluding steroid dienone is 2. The zero-order valence-corrected chi connectivity index (χ0v) is 63.5. The van der Waals surface area contributed by atoms with Crippen molar-refractivity contribution in [2.24, 2.45) is 11.8 Å². The predicted molar refractivity (Wildman–Crippen MR) is 424 cm³/mol. The summed E-state index contributed by atoms with van der Waals surface area (Å²) < 4.78 is 83.4. The average molecular weight is 1550 g/mol. The van der Waals surface area contributed by atoms with Gasteiger partial charge in [-0.15, -0.1) is 12.4 Å². The first-order valence-corrected chi connectivity index (χ1v) is 40.1. The maximum absolute atomic E-state index is 14.6. The minimum absolute atomic E-state index is 0. The summed E-state index contributed by atoms with van der Waals surface area (Å²) in [5, 5.41) is 17.1. The van der Waals surface area contributed by atoms with Crippen LogP contribution >= 0.6 is 12.4 Å². The van der Waals surface area contributed by atoms with Crippen molar-refractivity contribution in [1.29, 1.82) is 0 Å². The highest BCUT2D eigenvalue weighted by atomic mass is 35.5. The third kappa shape index (κ3) is 17.6. The number of sulfonamides is 2. The Labute approximate surface area is 646 Å². The zero-order valence-electron chi connectivity index (χ0n) is 61.1. The minimum atomic E-state index is -4.33. The fourth-order valence-electron chi connectivity index (χ4n) is 14.8. The molecular weight excluding hydrogens is 1460 g/mol. The Morgan fingerprint density at radius 2 is 1.00 bits per heavy atom. The van der Waals surface area contributed by atoms with Crippen LogP contribution in [0.3, 0.4) is 0 Å². The highest BCUT2D eigenvalue weighted by Crippen LogP contribution is 2.48. The normalized spacial score (nSPS) is 24.0. The van der Waals surface area contributed by atoms with E-state index < -0.39 is 73.0 Å². The molecule has 26 heteroatoms. The molecule has 2 saturated heterocycles. The molecule has 8 atom stereocenters. The van der Waals surface area contributed by atoms with Crippen LogP contribution in [0.15, 0.2) is 222 Å². The second kappa shape index (κ2) is 34.0. The molecule has 23 nitrogen and oxygen atoms in total. The van der Waals surface area contributed by atoms with Crippen LogP contribution < -0.4 is 55.0 Å². The number of anilines is 2. The number of pyridine rings is 2. The number of nitrogens with one attached hydrogen (secondary N) is 7. The van der Waals surface area contributed by atoms with E-state index in [-0.39, 0.29) is 71.8 Å². The van der Waals surface area contributed by atoms with Gasteiger partial charge < -0.3 is 50.4 Å². The van der Waals surface area contributed by atoms with Gasteiger partial charge >= 0.3 is 0 Å². The number of amides is 5. The molecule has 0 bridgehead atoms. The summed E-state index contributed by atoms with van der Waals surface area (Å²) in [6.45, 7) is 1.70. The fraction of sp³-hybridized carbons (Fsp3) is 0.321. The topological polar surface area (TPSA) is 304 Å². The summed E-state index contributed by atoms with van der Waals surface area (Å²) in [7, 11) is -5.35. The van der Waals surface area contributed by atoms with Crippen molar-refractivity contribution in [3.05, 3.63) is 218 Å². The van der Waals surface area contributed by atoms with Gasteiger partial charge in [0, 0.05) is 90.5 Å². The maximum Gasteiger partial charge on any atom is 0.266 e. The van der Waals surface area contributed by atoms with Crippen molar-refractivity contribution in [3.8, 4) is 45.5 Å². The number of methoxy groups -OCH3 is 2. The number of rotatable bonds is 14. The summed E-state index contributed by atoms with van der Waals surface area (Å²) in [4.78, 5) is 81.7. The highest BCUT2D eigenvalue weighted by molar-refractivity contribution is 7.90. The largest absolute Gasteiger partial charge is 0.497 e. The van der Waals surface area contributed by atoms with Crippen LogP contribution in [-0.4, -0.2) is 137 Å². The standard InChI is InChI=1S/C46H47N5O7S.C38H41N5O6S.ClH/c1-57-34-22-23-36-39(26-34)48-38(32-17-9-6-10-18-32)28-41(36)58-35-27-40(51(30-35)43(52)25-31-15-7-5-8-16-31)44(53)49-46-29-33(46)19-11-3-2-4-14-24-47-37-20-12-13-21-42(37)59(55,56)50-45(46)54;1-48-27-17-18-29-32(20-27)41-31(25-12-6-5-7-13-25)22-34(29)49-28-21-33(40-24-28)36(44)42-38-23-26(38)14-8-3-2-4-11-19-39-30-15-9-10-16-35(30)50(46,47)43-37(38)45;/h5-13,15-23,26,28,33,35,40,47H,2-4,14,24-25,27,29-30H2,1H3,(H,49,53)(H,50,54);5-10,12-18,20,22,26,28,33,39-40H,2-4,11,19,21,23-24H2,1H3,(H,42,44)(H,43,45);1H/b19-11-;14-8-;/t33-,35-,40+,46-;26-,28-,33+,38-;/m11./s1. The molecule has 7 N–H and O–H groups in total. The van der Waals surface area contributed by atoms with E-state index in [0.29, 0.717) is 78.1 Å². The minimum Gasteiger partial charge on any atom is -0.497 e. The summed E-state index contributed by atoms with van der Waals surface area (Å²) in [6.07, 6.45) is 15.1. The number of hydrogen-bond acceptors (Lipinski definition) is 18. The van der Waals surface area contributed by atoms with Crippen molar-refractivity contribution in [1.82, 2.24) is 40.3 Å². The number of carbonyl (C=O) groups is 5. The van der Waals surface area contributed by atoms with E-state index >= 15 is 0 Å². The Morgan fingerprint density at radius 3 is 1.50 bits per heavy atom. The monoisotopic (exact) mass is 1540 g/mol. The third-order valence-electron chi connectivity index (χ3n) is 21.0. The summed E-state index contributed by atoms with van der Waals surface area (Å²) in [5.74, 6) is -1.09. The van der Waals surface area contributed by atoms with Crippen LogP contribution in [0.25, 0.3) is 44.3 Å². The van der Waals surface area contributed by atoms with Gasteiger partial charge in [-0.3, -0.25) is 24.0 Å². The van der Waals surface area contributed by atoms with Gasteiger partial charge in [0.05, 0.1) is 67.0 Å². The first kappa shape index (κ1) is 77.3. The second-order valence-corrected chi connectivity index (χ2v) is 31.8. The molecule has 2 aromatic heterocycles. The fourth-order valence-corrected chi connectivity index (χ4v) is 17.3. The summed E-state index contributed by atoms with van der Waals surface area (Å²) in [6, 6.07) is 55.1. The molecule has 4 aliphatic heterocycles. The molecule has 9 aromatic rings. The molecule has 5 amide bonds. The third-order valence-corrected chi connectivity index (χ3v) is 23.8. The van der Waals surface area contributed by atoms with Crippen molar-refractivity contribution >= 4 is 95.2 Å². The molecule has 7 aromatic carbocycles. The first-order valence-electron chi connectivity index (χ1n) is 37.2. The molecule has 4 fully saturated rings. The Hall–Kier alpha value is -10.9. The molecule has 0 spiro atoms. The van der Waals surface area contributed by atoms with E-state index in [1.807, 2.05) is 164 Å². The van der Waals surface area contributed by atoms with Crippen molar-refractivity contribution in [2.75, 3.05) is 51.0 Å². The number of nitrogens with zero attached hydrogens (tertiary/aromatic N) is 3. The average Bonchev–Trinajstić information content (AvgIpc) is 1.49. The molecule has 6 heterocycles. The molecular formula is C84H89ClN10O13S2. The van der Waals surface area contributed by atoms with Crippen LogP contribution in [0.5, 0.6) is 23.0 Å². The second-order valence-electron chi connectivity index (χ2n) is 28.5. The number of carbonyl (C=O) groups excluding carboxylic acids is 5. The van der Waals surface area contributed by atoms with Crippen LogP contribution in [0.2, 0.25) is 0 Å². The Balaban J connectivity index is 0.000000194. The quantitative estimate of drug-likeness (QED) is 0.0498. The van der Waals surface area contributed by atoms with E-state index in [0.717, 1.165) is 90.0 Å². The lowest BCUT2D eigenvalue weighted by atomic mass is 10.1. The van der Waals surface area contributed by atoms with Crippen molar-refractivity contribution < 1.29 is 59.8 Å². The number of hydrogen-bond donors (Lipinski definition) is 7. The van der Waals surface area contributed by atoms with E-state index in [9.17, 15) is 40.8 Å². The van der Waals surface area contributed by atoms with Gasteiger partial charge in [0.25, 0.3) is 31.9 Å². The van der Waals surface area contributed by atoms with Gasteiger partial charge in [0.15, 0.2) is 0 Å². The van der Waals surface area contributed by atoms with E-state index in [1.54, 1.807) is 50.6 Å². The SMILES string of the molecule is COc1ccc2c(O[C@@H]3C[C@@H](C(=O)N[C@]45C[C@H]4/C=C\CCCCCNc4ccccc4S(=O)(=O)NC5=O)N(C(=O)Cc4ccccc4)C3)cc(-c3ccccc3)nc2c1.COc1ccc2c(O[C@H]3CN[C@H](C(=O)N[C@]45C[C@H]4/C=C\CCCCCNc4ccccc4S(=O)(=O)NC5=O)C3)cc(-c3ccccc3)nc2c1.Cl. The van der Waals surface area contributed by atoms with Gasteiger partial charge in [-0.05, 0) is 105 Å². The van der Waals surface area contributed by atoms with Crippen LogP contribution in [0.4, 0.5) is 11.4 Å². The lowest BCUT2D eigenvalue weighted by Crippen LogP contribution is -2.56. The molecule has 0 radical (unpaired) electrons. The van der Waals surface area contributed by atoms with Crippen molar-refractivity contribution in [2.45, 2.75) is 129 Å². The van der Waals surface area contributed by atoms with Crippen LogP contribution in [-0.2, 0) is 50.4 Å². The van der Waals surface area contributed by atoms with Gasteiger partial charge in [0.2, 0.25) is 17.7 Å². The predicted octanol–water partition coefficient (Wildman–Crippen LogP) is 11.8. The smallest absolute Gasteiger partial charge is 0.266 e. The Morgan fingerprint density at radius 1 is 0.536 bits per heavy atom. The molecule has 572 valence electrons. The zero-order chi connectivity index (χ0) is 75.7. The maximum atomic E-state index is 14.6. The Kier molecular flexibility index (Phi) is 23.9. The van der Waals surface area contributed by atoms with Gasteiger partial charge in [-0.2, -0.15) is 0 Å². The van der Waals surface area contributed by atoms with Crippen LogP contribution in [0, 0.1) is 11.8 Å². The highest BCUT2D eigenvalue weighted by Gasteiger charge is 2.63. The molecule has 0 unspecified atom stereocenters. The lowest BCUT2D eigenvalue weighted by molar-refractivity contribution is -0.139. The molecule has 110 heavy (non-hydrogen) atoms. The molecule has 2 saturated carbocycles. The number of aromatic nitrogens is 2. The number of likely N-dealkylation sites (tertiary alicyclic amines) is 1. The number of fused-ring (bicyclic) bond motifs is 6. The summed E-state index contributed by atoms with van der Waals surface area (Å²) in [5.41, 5.74) is 3.32. The Bertz CT molecular complexity index is 5180. The lowest BCUT2D eigenvalue weighted by Gasteiger charge is -2.26. The molecule has 2 aliphatic carbocycles. The van der Waals surface area contributed by atoms with E-state index in [1.165, 1.54) is 17.0 Å². The number of halogens is 1. The van der Waals surface area contributed by atoms with E-state index in [2.05, 4.69) is 36.0 Å². The number of benzene rings is 7. The van der Waals surface area contributed by atoms with Gasteiger partial charge in [-0.1, -0.05) is 152 Å². The molecule has 15 rings (SSSR count). The van der Waals surface area contributed by atoms with E-state index in [4.69, 9.17) is 28.9 Å². The van der Waals surface area contributed by atoms with Gasteiger partial charge in [0.1, 0.15) is 62.1 Å². The van der Waals surface area contributed by atoms with Crippen LogP contribution in [0.1, 0.15) is 82.6 Å². The number of ether oxygens (including phenoxy) is 4.